The lowest BCUT2D eigenvalue weighted by Gasteiger charge is -2.14. The maximum absolute atomic E-state index is 2.42. The number of unbranched alkanes of at least 4 members (excludes halogenated alkanes) is 9. The molecule has 0 heterocycles. The second-order valence-electron chi connectivity index (χ2n) is 6.73. The molecule has 0 saturated carbocycles. The van der Waals surface area contributed by atoms with Crippen molar-refractivity contribution in [1.29, 1.82) is 0 Å². The van der Waals surface area contributed by atoms with Gasteiger partial charge in [0.15, 0.2) is 0 Å². The maximum Gasteiger partial charge on any atom is -0.0351 e. The van der Waals surface area contributed by atoms with Gasteiger partial charge in [-0.05, 0) is 31.6 Å². The molecule has 0 saturated heterocycles. The van der Waals surface area contributed by atoms with Crippen LogP contribution in [-0.2, 0) is 0 Å². The van der Waals surface area contributed by atoms with E-state index in [1.807, 2.05) is 0 Å². The third kappa shape index (κ3) is 15.9. The third-order valence-electron chi connectivity index (χ3n) is 4.67. The summed E-state index contributed by atoms with van der Waals surface area (Å²) in [5.41, 5.74) is 0. The van der Waals surface area contributed by atoms with Crippen LogP contribution in [0.25, 0.3) is 0 Å². The van der Waals surface area contributed by atoms with Gasteiger partial charge in [0.1, 0.15) is 0 Å². The van der Waals surface area contributed by atoms with E-state index in [1.165, 1.54) is 96.3 Å². The van der Waals surface area contributed by atoms with Crippen LogP contribution in [0.2, 0.25) is 0 Å². The largest absolute Gasteiger partial charge is 0.0885 e. The van der Waals surface area contributed by atoms with Crippen molar-refractivity contribution in [1.82, 2.24) is 0 Å². The van der Waals surface area contributed by atoms with E-state index < -0.39 is 0 Å². The van der Waals surface area contributed by atoms with Crippen molar-refractivity contribution in [2.24, 2.45) is 5.92 Å². The predicted molar refractivity (Wildman–Crippen MR) is 98.9 cm³/mol. The molecule has 0 aliphatic rings. The van der Waals surface area contributed by atoms with Gasteiger partial charge in [0.2, 0.25) is 0 Å². The third-order valence-corrected chi connectivity index (χ3v) is 4.67. The molecule has 1 unspecified atom stereocenters. The second kappa shape index (κ2) is 17.8. The van der Waals surface area contributed by atoms with Crippen LogP contribution in [0.1, 0.15) is 117 Å². The quantitative estimate of drug-likeness (QED) is 0.199. The molecule has 0 aliphatic carbocycles. The Bertz CT molecular complexity index is 204. The fourth-order valence-corrected chi connectivity index (χ4v) is 3.03. The number of hydrogen-bond acceptors (Lipinski definition) is 0. The molecule has 0 amide bonds. The Morgan fingerprint density at radius 2 is 1.05 bits per heavy atom. The fraction of sp³-hybridized carbons (Fsp3) is 0.905. The summed E-state index contributed by atoms with van der Waals surface area (Å²) < 4.78 is 0. The van der Waals surface area contributed by atoms with Gasteiger partial charge in [0.25, 0.3) is 0 Å². The first-order valence-electron chi connectivity index (χ1n) is 10.00. The second-order valence-corrected chi connectivity index (χ2v) is 6.73. The summed E-state index contributed by atoms with van der Waals surface area (Å²) >= 11 is 0. The highest BCUT2D eigenvalue weighted by Crippen LogP contribution is 2.20. The molecule has 0 heteroatoms. The molecule has 0 aromatic carbocycles. The van der Waals surface area contributed by atoms with E-state index in [1.54, 1.807) is 0 Å². The summed E-state index contributed by atoms with van der Waals surface area (Å²) in [6.07, 6.45) is 25.9. The smallest absolute Gasteiger partial charge is 0.0351 e. The first-order valence-corrected chi connectivity index (χ1v) is 10.00. The predicted octanol–water partition coefficient (Wildman–Crippen LogP) is 8.07. The monoisotopic (exact) mass is 294 g/mol. The van der Waals surface area contributed by atoms with Crippen LogP contribution in [0.15, 0.2) is 12.2 Å². The zero-order chi connectivity index (χ0) is 15.6. The van der Waals surface area contributed by atoms with E-state index in [0.717, 1.165) is 5.92 Å². The average molecular weight is 295 g/mol. The van der Waals surface area contributed by atoms with Crippen LogP contribution in [0.3, 0.4) is 0 Å². The molecule has 0 fully saturated rings. The number of hydrogen-bond donors (Lipinski definition) is 0. The molecule has 0 spiro atoms. The minimum absolute atomic E-state index is 1.01. The van der Waals surface area contributed by atoms with E-state index in [-0.39, 0.29) is 0 Å². The Balaban J connectivity index is 3.31. The van der Waals surface area contributed by atoms with Crippen molar-refractivity contribution in [2.45, 2.75) is 117 Å². The Morgan fingerprint density at radius 1 is 0.571 bits per heavy atom. The Morgan fingerprint density at radius 3 is 1.57 bits per heavy atom. The normalized spacial score (nSPS) is 13.1. The average Bonchev–Trinajstić information content (AvgIpc) is 2.51. The molecule has 0 rings (SSSR count). The lowest BCUT2D eigenvalue weighted by Crippen LogP contribution is -1.98. The molecular formula is C21H42. The Kier molecular flexibility index (Phi) is 17.6. The van der Waals surface area contributed by atoms with Crippen molar-refractivity contribution < 1.29 is 0 Å². The fourth-order valence-electron chi connectivity index (χ4n) is 3.03. The van der Waals surface area contributed by atoms with E-state index in [4.69, 9.17) is 0 Å². The number of allylic oxidation sites excluding steroid dienone is 2. The molecule has 0 aliphatic heterocycles. The zero-order valence-electron chi connectivity index (χ0n) is 15.3. The molecule has 21 heavy (non-hydrogen) atoms. The summed E-state index contributed by atoms with van der Waals surface area (Å²) in [7, 11) is 0. The van der Waals surface area contributed by atoms with Gasteiger partial charge >= 0.3 is 0 Å². The van der Waals surface area contributed by atoms with E-state index in [0.29, 0.717) is 0 Å². The van der Waals surface area contributed by atoms with Gasteiger partial charge in [0, 0.05) is 0 Å². The molecule has 0 aromatic rings. The summed E-state index contributed by atoms with van der Waals surface area (Å²) in [5.74, 6) is 1.01. The molecule has 1 atom stereocenters. The van der Waals surface area contributed by atoms with Gasteiger partial charge < -0.3 is 0 Å². The molecular weight excluding hydrogens is 252 g/mol. The minimum Gasteiger partial charge on any atom is -0.0885 e. The van der Waals surface area contributed by atoms with Gasteiger partial charge in [-0.1, -0.05) is 104 Å². The van der Waals surface area contributed by atoms with E-state index >= 15 is 0 Å². The molecule has 126 valence electrons. The summed E-state index contributed by atoms with van der Waals surface area (Å²) in [6, 6.07) is 0. The van der Waals surface area contributed by atoms with Gasteiger partial charge in [-0.3, -0.25) is 0 Å². The van der Waals surface area contributed by atoms with Crippen molar-refractivity contribution >= 4 is 0 Å². The van der Waals surface area contributed by atoms with Crippen LogP contribution >= 0.6 is 0 Å². The summed E-state index contributed by atoms with van der Waals surface area (Å²) in [6.45, 7) is 6.96. The molecule has 0 nitrogen and oxygen atoms in total. The first kappa shape index (κ1) is 20.7. The topological polar surface area (TPSA) is 0 Å². The van der Waals surface area contributed by atoms with Crippen molar-refractivity contribution in [3.63, 3.8) is 0 Å². The highest BCUT2D eigenvalue weighted by Gasteiger charge is 2.05. The van der Waals surface area contributed by atoms with Gasteiger partial charge in [-0.25, -0.2) is 0 Å². The van der Waals surface area contributed by atoms with Crippen molar-refractivity contribution in [3.8, 4) is 0 Å². The highest BCUT2D eigenvalue weighted by atomic mass is 14.1. The SMILES string of the molecule is CCCCCCC=CCCCCCC(CC)CCCCC. The molecule has 0 N–H and O–H groups in total. The lowest BCUT2D eigenvalue weighted by atomic mass is 9.92. The van der Waals surface area contributed by atoms with Gasteiger partial charge in [-0.15, -0.1) is 0 Å². The molecule has 0 bridgehead atoms. The van der Waals surface area contributed by atoms with E-state index in [9.17, 15) is 0 Å². The first-order chi connectivity index (χ1) is 10.3. The maximum atomic E-state index is 2.42. The van der Waals surface area contributed by atoms with Crippen LogP contribution in [-0.4, -0.2) is 0 Å². The van der Waals surface area contributed by atoms with Crippen LogP contribution in [0.4, 0.5) is 0 Å². The van der Waals surface area contributed by atoms with Crippen LogP contribution in [0.5, 0.6) is 0 Å². The van der Waals surface area contributed by atoms with E-state index in [2.05, 4.69) is 32.9 Å². The number of rotatable bonds is 16. The van der Waals surface area contributed by atoms with Gasteiger partial charge in [0.05, 0.1) is 0 Å². The lowest BCUT2D eigenvalue weighted by molar-refractivity contribution is 0.398. The highest BCUT2D eigenvalue weighted by molar-refractivity contribution is 4.81. The molecule has 0 radical (unpaired) electrons. The molecule has 0 aromatic heterocycles. The Hall–Kier alpha value is -0.260. The Labute approximate surface area is 135 Å². The van der Waals surface area contributed by atoms with Gasteiger partial charge in [-0.2, -0.15) is 0 Å². The summed E-state index contributed by atoms with van der Waals surface area (Å²) in [4.78, 5) is 0. The van der Waals surface area contributed by atoms with Crippen LogP contribution < -0.4 is 0 Å². The minimum atomic E-state index is 1.01. The standard InChI is InChI=1S/C21H42/c1-4-7-9-10-11-12-13-14-15-16-18-20-21(6-3)19-17-8-5-2/h12-13,21H,4-11,14-20H2,1-3H3. The zero-order valence-corrected chi connectivity index (χ0v) is 15.3. The van der Waals surface area contributed by atoms with Crippen molar-refractivity contribution in [2.75, 3.05) is 0 Å². The summed E-state index contributed by atoms with van der Waals surface area (Å²) in [5, 5.41) is 0. The van der Waals surface area contributed by atoms with Crippen molar-refractivity contribution in [3.05, 3.63) is 12.2 Å². The van der Waals surface area contributed by atoms with Crippen LogP contribution in [0, 0.1) is 5.92 Å².